The Bertz CT molecular complexity index is 215. The Kier molecular flexibility index (Phi) is 10.7. The molecule has 0 bridgehead atoms. The molecule has 19 heavy (non-hydrogen) atoms. The SMILES string of the molecule is CCCCCCCCCCCCCCN1C=COC1. The summed E-state index contributed by atoms with van der Waals surface area (Å²) in [6.07, 6.45) is 20.9. The molecular weight excluding hydrogens is 234 g/mol. The molecule has 2 heteroatoms. The Balaban J connectivity index is 1.68. The second kappa shape index (κ2) is 12.4. The third kappa shape index (κ3) is 9.86. The van der Waals surface area contributed by atoms with E-state index < -0.39 is 0 Å². The fraction of sp³-hybridized carbons (Fsp3) is 0.882. The van der Waals surface area contributed by atoms with Gasteiger partial charge in [-0.2, -0.15) is 0 Å². The summed E-state index contributed by atoms with van der Waals surface area (Å²) >= 11 is 0. The maximum absolute atomic E-state index is 5.16. The lowest BCUT2D eigenvalue weighted by Gasteiger charge is -2.12. The molecule has 0 saturated heterocycles. The number of ether oxygens (including phenoxy) is 1. The molecule has 0 N–H and O–H groups in total. The van der Waals surface area contributed by atoms with Crippen LogP contribution in [-0.2, 0) is 4.74 Å². The molecule has 0 aromatic carbocycles. The fourth-order valence-corrected chi connectivity index (χ4v) is 2.61. The van der Waals surface area contributed by atoms with Crippen LogP contribution in [0, 0.1) is 0 Å². The van der Waals surface area contributed by atoms with E-state index in [2.05, 4.69) is 18.0 Å². The smallest absolute Gasteiger partial charge is 0.160 e. The Morgan fingerprint density at radius 1 is 0.789 bits per heavy atom. The molecule has 1 heterocycles. The van der Waals surface area contributed by atoms with Crippen LogP contribution < -0.4 is 0 Å². The summed E-state index contributed by atoms with van der Waals surface area (Å²) in [5.74, 6) is 0. The van der Waals surface area contributed by atoms with E-state index in [0.717, 1.165) is 13.3 Å². The van der Waals surface area contributed by atoms with Crippen LogP contribution in [0.4, 0.5) is 0 Å². The zero-order chi connectivity index (χ0) is 13.6. The predicted octanol–water partition coefficient (Wildman–Crippen LogP) is 5.45. The zero-order valence-electron chi connectivity index (χ0n) is 12.9. The van der Waals surface area contributed by atoms with Crippen LogP contribution in [0.2, 0.25) is 0 Å². The summed E-state index contributed by atoms with van der Waals surface area (Å²) in [5.41, 5.74) is 0. The lowest BCUT2D eigenvalue weighted by atomic mass is 10.1. The molecule has 0 amide bonds. The summed E-state index contributed by atoms with van der Waals surface area (Å²) in [4.78, 5) is 2.25. The average molecular weight is 267 g/mol. The Morgan fingerprint density at radius 3 is 1.79 bits per heavy atom. The molecule has 0 radical (unpaired) electrons. The number of nitrogens with zero attached hydrogens (tertiary/aromatic N) is 1. The van der Waals surface area contributed by atoms with Crippen molar-refractivity contribution in [3.05, 3.63) is 12.5 Å². The minimum absolute atomic E-state index is 0.762. The van der Waals surface area contributed by atoms with Gasteiger partial charge in [-0.3, -0.25) is 0 Å². The van der Waals surface area contributed by atoms with Crippen LogP contribution >= 0.6 is 0 Å². The van der Waals surface area contributed by atoms with Crippen molar-refractivity contribution < 1.29 is 4.74 Å². The highest BCUT2D eigenvalue weighted by atomic mass is 16.5. The average Bonchev–Trinajstić information content (AvgIpc) is 2.93. The van der Waals surface area contributed by atoms with Crippen molar-refractivity contribution in [2.24, 2.45) is 0 Å². The molecule has 0 fully saturated rings. The van der Waals surface area contributed by atoms with Crippen LogP contribution in [0.25, 0.3) is 0 Å². The minimum Gasteiger partial charge on any atom is -0.479 e. The van der Waals surface area contributed by atoms with Crippen molar-refractivity contribution in [1.82, 2.24) is 4.90 Å². The van der Waals surface area contributed by atoms with Gasteiger partial charge in [0.15, 0.2) is 6.73 Å². The maximum Gasteiger partial charge on any atom is 0.160 e. The molecule has 2 nitrogen and oxygen atoms in total. The van der Waals surface area contributed by atoms with Gasteiger partial charge in [-0.25, -0.2) is 0 Å². The Hall–Kier alpha value is -0.660. The standard InChI is InChI=1S/C17H33NO/c1-2-3-4-5-6-7-8-9-10-11-12-13-14-18-15-16-19-17-18/h15-16H,2-14,17H2,1H3. The molecule has 0 aromatic heterocycles. The number of rotatable bonds is 13. The van der Waals surface area contributed by atoms with Crippen LogP contribution in [0.5, 0.6) is 0 Å². The fourth-order valence-electron chi connectivity index (χ4n) is 2.61. The van der Waals surface area contributed by atoms with Gasteiger partial charge in [0.05, 0.1) is 0 Å². The lowest BCUT2D eigenvalue weighted by molar-refractivity contribution is 0.169. The van der Waals surface area contributed by atoms with E-state index in [-0.39, 0.29) is 0 Å². The van der Waals surface area contributed by atoms with E-state index in [4.69, 9.17) is 4.74 Å². The molecular formula is C17H33NO. The first-order valence-corrected chi connectivity index (χ1v) is 8.46. The quantitative estimate of drug-likeness (QED) is 0.411. The van der Waals surface area contributed by atoms with Crippen LogP contribution in [0.15, 0.2) is 12.5 Å². The monoisotopic (exact) mass is 267 g/mol. The first kappa shape index (κ1) is 16.4. The van der Waals surface area contributed by atoms with Crippen LogP contribution in [0.1, 0.15) is 84.0 Å². The van der Waals surface area contributed by atoms with Gasteiger partial charge in [-0.05, 0) is 6.42 Å². The molecule has 0 aromatic rings. The molecule has 0 atom stereocenters. The second-order valence-electron chi connectivity index (χ2n) is 5.78. The van der Waals surface area contributed by atoms with Crippen molar-refractivity contribution in [3.63, 3.8) is 0 Å². The second-order valence-corrected chi connectivity index (χ2v) is 5.78. The van der Waals surface area contributed by atoms with E-state index in [1.165, 1.54) is 77.0 Å². The van der Waals surface area contributed by atoms with Crippen molar-refractivity contribution in [2.75, 3.05) is 13.3 Å². The van der Waals surface area contributed by atoms with Gasteiger partial charge in [0.1, 0.15) is 6.26 Å². The highest BCUT2D eigenvalue weighted by Gasteiger charge is 2.03. The molecule has 0 saturated carbocycles. The topological polar surface area (TPSA) is 12.5 Å². The number of hydrogen-bond donors (Lipinski definition) is 0. The van der Waals surface area contributed by atoms with E-state index in [0.29, 0.717) is 0 Å². The van der Waals surface area contributed by atoms with E-state index in [1.54, 1.807) is 6.26 Å². The van der Waals surface area contributed by atoms with Gasteiger partial charge in [0.25, 0.3) is 0 Å². The summed E-state index contributed by atoms with van der Waals surface area (Å²) in [6, 6.07) is 0. The minimum atomic E-state index is 0.762. The largest absolute Gasteiger partial charge is 0.479 e. The molecule has 1 aliphatic rings. The van der Waals surface area contributed by atoms with Gasteiger partial charge >= 0.3 is 0 Å². The third-order valence-electron chi connectivity index (χ3n) is 3.91. The van der Waals surface area contributed by atoms with Crippen molar-refractivity contribution in [2.45, 2.75) is 84.0 Å². The third-order valence-corrected chi connectivity index (χ3v) is 3.91. The highest BCUT2D eigenvalue weighted by Crippen LogP contribution is 2.12. The Morgan fingerprint density at radius 2 is 1.32 bits per heavy atom. The van der Waals surface area contributed by atoms with Crippen molar-refractivity contribution in [3.8, 4) is 0 Å². The van der Waals surface area contributed by atoms with Gasteiger partial charge in [0.2, 0.25) is 0 Å². The van der Waals surface area contributed by atoms with E-state index in [1.807, 2.05) is 0 Å². The molecule has 0 aliphatic carbocycles. The first-order valence-electron chi connectivity index (χ1n) is 8.46. The molecule has 0 unspecified atom stereocenters. The zero-order valence-corrected chi connectivity index (χ0v) is 12.9. The van der Waals surface area contributed by atoms with Gasteiger partial charge in [-0.1, -0.05) is 77.6 Å². The summed E-state index contributed by atoms with van der Waals surface area (Å²) < 4.78 is 5.16. The van der Waals surface area contributed by atoms with Gasteiger partial charge in [0, 0.05) is 12.7 Å². The summed E-state index contributed by atoms with van der Waals surface area (Å²) in [5, 5.41) is 0. The normalized spacial score (nSPS) is 14.1. The van der Waals surface area contributed by atoms with E-state index >= 15 is 0 Å². The predicted molar refractivity (Wildman–Crippen MR) is 82.9 cm³/mol. The summed E-state index contributed by atoms with van der Waals surface area (Å²) in [6.45, 7) is 4.21. The Labute approximate surface area is 120 Å². The number of hydrogen-bond acceptors (Lipinski definition) is 2. The van der Waals surface area contributed by atoms with Crippen LogP contribution in [0.3, 0.4) is 0 Å². The lowest BCUT2D eigenvalue weighted by Crippen LogP contribution is -2.16. The molecule has 1 rings (SSSR count). The van der Waals surface area contributed by atoms with E-state index in [9.17, 15) is 0 Å². The first-order chi connectivity index (χ1) is 9.43. The van der Waals surface area contributed by atoms with Gasteiger partial charge in [-0.15, -0.1) is 0 Å². The molecule has 112 valence electrons. The summed E-state index contributed by atoms with van der Waals surface area (Å²) in [7, 11) is 0. The highest BCUT2D eigenvalue weighted by molar-refractivity contribution is 4.79. The molecule has 0 spiro atoms. The van der Waals surface area contributed by atoms with Crippen LogP contribution in [-0.4, -0.2) is 18.2 Å². The molecule has 1 aliphatic heterocycles. The maximum atomic E-state index is 5.16. The van der Waals surface area contributed by atoms with Gasteiger partial charge < -0.3 is 9.64 Å². The number of unbranched alkanes of at least 4 members (excludes halogenated alkanes) is 11. The van der Waals surface area contributed by atoms with Crippen molar-refractivity contribution >= 4 is 0 Å². The van der Waals surface area contributed by atoms with Crippen molar-refractivity contribution in [1.29, 1.82) is 0 Å².